The summed E-state index contributed by atoms with van der Waals surface area (Å²) in [6, 6.07) is 7.89. The van der Waals surface area contributed by atoms with Gasteiger partial charge in [0.2, 0.25) is 5.60 Å². The van der Waals surface area contributed by atoms with Gasteiger partial charge < -0.3 is 14.6 Å². The van der Waals surface area contributed by atoms with Crippen molar-refractivity contribution in [3.63, 3.8) is 0 Å². The Kier molecular flexibility index (Phi) is 4.29. The van der Waals surface area contributed by atoms with Gasteiger partial charge in [-0.15, -0.1) is 6.58 Å². The molecular weight excluding hydrogens is 428 g/mol. The van der Waals surface area contributed by atoms with Crippen molar-refractivity contribution in [1.29, 1.82) is 0 Å². The van der Waals surface area contributed by atoms with Crippen LogP contribution in [0.3, 0.4) is 0 Å². The minimum Gasteiger partial charge on any atom is -0.490 e. The van der Waals surface area contributed by atoms with Crippen molar-refractivity contribution in [2.75, 3.05) is 0 Å². The number of carbonyl (C=O) groups excluding carboxylic acids is 2. The summed E-state index contributed by atoms with van der Waals surface area (Å²) in [6.45, 7) is 6.37. The summed E-state index contributed by atoms with van der Waals surface area (Å²) in [5.74, 6) is 1.47. The van der Waals surface area contributed by atoms with Crippen molar-refractivity contribution < 1.29 is 24.2 Å². The number of allylic oxidation sites excluding steroid dienone is 3. The van der Waals surface area contributed by atoms with E-state index in [2.05, 4.69) is 25.7 Å². The maximum absolute atomic E-state index is 14.4. The number of fused-ring (bicyclic) bond motifs is 4. The van der Waals surface area contributed by atoms with E-state index >= 15 is 0 Å². The monoisotopic (exact) mass is 460 g/mol. The Morgan fingerprint density at radius 2 is 1.88 bits per heavy atom. The van der Waals surface area contributed by atoms with Crippen molar-refractivity contribution in [1.82, 2.24) is 0 Å². The van der Waals surface area contributed by atoms with E-state index in [9.17, 15) is 14.7 Å². The Hall–Kier alpha value is -2.24. The molecule has 5 nitrogen and oxygen atoms in total. The first-order valence-corrected chi connectivity index (χ1v) is 12.9. The summed E-state index contributed by atoms with van der Waals surface area (Å²) in [5.41, 5.74) is -1.94. The smallest absolute Gasteiger partial charge is 0.214 e. The lowest BCUT2D eigenvalue weighted by Gasteiger charge is -2.38. The van der Waals surface area contributed by atoms with E-state index in [1.165, 1.54) is 6.42 Å². The number of epoxide rings is 1. The third-order valence-electron chi connectivity index (χ3n) is 9.97. The lowest BCUT2D eigenvalue weighted by Crippen LogP contribution is -2.49. The minimum absolute atomic E-state index is 0.0384. The van der Waals surface area contributed by atoms with Gasteiger partial charge in [0.25, 0.3) is 0 Å². The van der Waals surface area contributed by atoms with Gasteiger partial charge in [-0.1, -0.05) is 43.7 Å². The zero-order valence-corrected chi connectivity index (χ0v) is 19.6. The molecule has 4 aliphatic carbocycles. The minimum atomic E-state index is -1.50. The van der Waals surface area contributed by atoms with E-state index in [1.54, 1.807) is 0 Å². The molecule has 5 heteroatoms. The third kappa shape index (κ3) is 2.63. The highest BCUT2D eigenvalue weighted by atomic mass is 16.6. The normalized spacial score (nSPS) is 50.2. The highest BCUT2D eigenvalue weighted by Crippen LogP contribution is 2.61. The van der Waals surface area contributed by atoms with E-state index in [4.69, 9.17) is 9.47 Å². The number of rotatable bonds is 1. The fraction of sp³-hybridized carbons (Fsp3) is 0.586. The van der Waals surface area contributed by atoms with Crippen LogP contribution in [0.2, 0.25) is 0 Å². The Morgan fingerprint density at radius 3 is 2.62 bits per heavy atom. The molecule has 0 amide bonds. The molecule has 7 aliphatic rings. The third-order valence-corrected chi connectivity index (χ3v) is 9.97. The molecular formula is C29H32O5. The van der Waals surface area contributed by atoms with Crippen LogP contribution in [0.1, 0.15) is 38.2 Å². The summed E-state index contributed by atoms with van der Waals surface area (Å²) in [4.78, 5) is 27.7. The van der Waals surface area contributed by atoms with Gasteiger partial charge in [0, 0.05) is 30.6 Å². The number of ether oxygens (including phenoxy) is 2. The van der Waals surface area contributed by atoms with Gasteiger partial charge in [0.05, 0.1) is 0 Å². The molecule has 4 bridgehead atoms. The molecule has 11 atom stereocenters. The number of ketones is 2. The molecule has 1 saturated heterocycles. The molecule has 34 heavy (non-hydrogen) atoms. The van der Waals surface area contributed by atoms with Gasteiger partial charge >= 0.3 is 0 Å². The molecule has 0 aromatic heterocycles. The Bertz CT molecular complexity index is 1110. The molecule has 178 valence electrons. The second-order valence-electron chi connectivity index (χ2n) is 11.8. The van der Waals surface area contributed by atoms with E-state index in [0.717, 1.165) is 24.2 Å². The summed E-state index contributed by atoms with van der Waals surface area (Å²) in [7, 11) is 0. The number of aliphatic hydroxyl groups is 1. The summed E-state index contributed by atoms with van der Waals surface area (Å²) in [6.07, 6.45) is 9.05. The van der Waals surface area contributed by atoms with Crippen molar-refractivity contribution in [3.05, 3.63) is 54.6 Å². The number of hydrogen-bond donors (Lipinski definition) is 1. The fourth-order valence-electron chi connectivity index (χ4n) is 8.45. The lowest BCUT2D eigenvalue weighted by molar-refractivity contribution is -0.141. The van der Waals surface area contributed by atoms with Crippen LogP contribution in [0.25, 0.3) is 0 Å². The Morgan fingerprint density at radius 1 is 1.09 bits per heavy atom. The average molecular weight is 461 g/mol. The molecule has 0 spiro atoms. The molecule has 1 aromatic carbocycles. The van der Waals surface area contributed by atoms with Crippen LogP contribution in [0.15, 0.2) is 49.1 Å². The second-order valence-corrected chi connectivity index (χ2v) is 11.8. The van der Waals surface area contributed by atoms with Crippen molar-refractivity contribution >= 4 is 11.6 Å². The van der Waals surface area contributed by atoms with Gasteiger partial charge in [-0.05, 0) is 54.2 Å². The maximum atomic E-state index is 14.4. The van der Waals surface area contributed by atoms with E-state index in [-0.39, 0.29) is 48.3 Å². The van der Waals surface area contributed by atoms with Gasteiger partial charge in [0.15, 0.2) is 11.6 Å². The molecule has 3 saturated carbocycles. The predicted molar refractivity (Wildman–Crippen MR) is 125 cm³/mol. The van der Waals surface area contributed by atoms with Gasteiger partial charge in [-0.3, -0.25) is 9.59 Å². The molecule has 3 heterocycles. The van der Waals surface area contributed by atoms with Gasteiger partial charge in [-0.25, -0.2) is 0 Å². The largest absolute Gasteiger partial charge is 0.490 e. The highest BCUT2D eigenvalue weighted by Gasteiger charge is 2.81. The van der Waals surface area contributed by atoms with Crippen LogP contribution in [-0.4, -0.2) is 40.1 Å². The zero-order valence-electron chi connectivity index (χ0n) is 19.6. The summed E-state index contributed by atoms with van der Waals surface area (Å²) in [5, 5.41) is 11.5. The summed E-state index contributed by atoms with van der Waals surface area (Å²) >= 11 is 0. The van der Waals surface area contributed by atoms with Crippen LogP contribution in [0.4, 0.5) is 0 Å². The molecule has 1 N–H and O–H groups in total. The molecule has 1 aromatic rings. The highest BCUT2D eigenvalue weighted by molar-refractivity contribution is 6.17. The first kappa shape index (κ1) is 21.1. The molecule has 8 rings (SSSR count). The molecule has 3 aliphatic heterocycles. The lowest BCUT2D eigenvalue weighted by atomic mass is 9.65. The topological polar surface area (TPSA) is 76.1 Å². The van der Waals surface area contributed by atoms with Crippen molar-refractivity contribution in [2.24, 2.45) is 41.4 Å². The van der Waals surface area contributed by atoms with E-state index < -0.39 is 23.2 Å². The number of hydrogen-bond acceptors (Lipinski definition) is 5. The first-order valence-electron chi connectivity index (χ1n) is 12.9. The van der Waals surface area contributed by atoms with E-state index in [0.29, 0.717) is 17.8 Å². The summed E-state index contributed by atoms with van der Waals surface area (Å²) < 4.78 is 12.7. The number of Topliss-reactive ketones (excluding diaryl/α,β-unsaturated/α-hetero) is 2. The van der Waals surface area contributed by atoms with E-state index in [1.807, 2.05) is 30.3 Å². The SMILES string of the molecule is C=CC1C=CC2C3CC(C)CCC3C3Oc4ccc(cc4)CC4(O)CC(=O)C5(OC45)C(=O)C1C23. The number of benzene rings is 1. The van der Waals surface area contributed by atoms with Crippen LogP contribution in [-0.2, 0) is 20.7 Å². The zero-order chi connectivity index (χ0) is 23.4. The van der Waals surface area contributed by atoms with Crippen LogP contribution < -0.4 is 4.74 Å². The van der Waals surface area contributed by atoms with Gasteiger partial charge in [0.1, 0.15) is 23.6 Å². The number of carbonyl (C=O) groups is 2. The molecule has 4 fully saturated rings. The Balaban J connectivity index is 1.40. The van der Waals surface area contributed by atoms with Crippen LogP contribution in [0, 0.1) is 41.4 Å². The standard InChI is InChI=1S/C29H32O5/c1-3-17-7-11-19-21-12-15(2)4-10-20(21)25-24(19)23(17)26(31)29-22(30)14-28(32,27(29)34-29)13-16-5-8-18(33-25)9-6-16/h3,5-9,11,15,17,19-21,23-25,27,32H,1,4,10,12-14H2,2H3. The van der Waals surface area contributed by atoms with Crippen molar-refractivity contribution in [2.45, 2.75) is 62.4 Å². The predicted octanol–water partition coefficient (Wildman–Crippen LogP) is 3.69. The first-order chi connectivity index (χ1) is 16.4. The van der Waals surface area contributed by atoms with Gasteiger partial charge in [-0.2, -0.15) is 0 Å². The van der Waals surface area contributed by atoms with Crippen molar-refractivity contribution in [3.8, 4) is 5.75 Å². The molecule has 0 radical (unpaired) electrons. The fourth-order valence-corrected chi connectivity index (χ4v) is 8.45. The quantitative estimate of drug-likeness (QED) is 0.393. The Labute approximate surface area is 200 Å². The maximum Gasteiger partial charge on any atom is 0.214 e. The second kappa shape index (κ2) is 6.92. The molecule has 11 unspecified atom stereocenters. The van der Waals surface area contributed by atoms with Crippen LogP contribution in [0.5, 0.6) is 5.75 Å². The van der Waals surface area contributed by atoms with Crippen LogP contribution >= 0.6 is 0 Å². The average Bonchev–Trinajstić information content (AvgIpc) is 3.48.